The molecule has 150 valence electrons. The van der Waals surface area contributed by atoms with Crippen LogP contribution in [0.5, 0.6) is 0 Å². The van der Waals surface area contributed by atoms with E-state index in [2.05, 4.69) is 17.4 Å². The van der Waals surface area contributed by atoms with E-state index in [1.54, 1.807) is 0 Å². The summed E-state index contributed by atoms with van der Waals surface area (Å²) in [6.45, 7) is 1.39. The molecular weight excluding hydrogens is 362 g/mol. The van der Waals surface area contributed by atoms with E-state index >= 15 is 0 Å². The van der Waals surface area contributed by atoms with Gasteiger partial charge in [-0.05, 0) is 50.5 Å². The number of carbonyl (C=O) groups is 2. The van der Waals surface area contributed by atoms with Gasteiger partial charge in [0.1, 0.15) is 0 Å². The highest BCUT2D eigenvalue weighted by atomic mass is 35.5. The van der Waals surface area contributed by atoms with Gasteiger partial charge in [-0.1, -0.05) is 30.3 Å². The Labute approximate surface area is 168 Å². The smallest absolute Gasteiger partial charge is 0.223 e. The molecule has 3 N–H and O–H groups in total. The van der Waals surface area contributed by atoms with Gasteiger partial charge in [-0.2, -0.15) is 0 Å². The normalized spacial score (nSPS) is 23.4. The van der Waals surface area contributed by atoms with Crippen molar-refractivity contribution in [3.05, 3.63) is 35.9 Å². The van der Waals surface area contributed by atoms with Crippen LogP contribution in [0.25, 0.3) is 0 Å². The van der Waals surface area contributed by atoms with Crippen LogP contribution in [0.3, 0.4) is 0 Å². The van der Waals surface area contributed by atoms with E-state index in [4.69, 9.17) is 5.73 Å². The van der Waals surface area contributed by atoms with Gasteiger partial charge in [0.05, 0.1) is 0 Å². The topological polar surface area (TPSA) is 75.4 Å². The third-order valence-electron chi connectivity index (χ3n) is 5.81. The molecule has 0 atom stereocenters. The number of aryl methyl sites for hydroxylation is 1. The van der Waals surface area contributed by atoms with E-state index in [1.807, 2.05) is 23.1 Å². The summed E-state index contributed by atoms with van der Waals surface area (Å²) < 4.78 is 0. The molecule has 5 nitrogen and oxygen atoms in total. The molecule has 1 aliphatic heterocycles. The summed E-state index contributed by atoms with van der Waals surface area (Å²) in [5.74, 6) is 0.416. The van der Waals surface area contributed by atoms with E-state index in [0.29, 0.717) is 25.6 Å². The number of nitrogens with zero attached hydrogens (tertiary/aromatic N) is 1. The van der Waals surface area contributed by atoms with Gasteiger partial charge in [0, 0.05) is 37.5 Å². The monoisotopic (exact) mass is 393 g/mol. The Morgan fingerprint density at radius 1 is 1.00 bits per heavy atom. The lowest BCUT2D eigenvalue weighted by molar-refractivity contribution is -0.135. The van der Waals surface area contributed by atoms with Crippen LogP contribution in [0.4, 0.5) is 0 Å². The van der Waals surface area contributed by atoms with Gasteiger partial charge in [0.25, 0.3) is 0 Å². The molecule has 2 fully saturated rings. The van der Waals surface area contributed by atoms with Crippen LogP contribution in [0.1, 0.15) is 50.5 Å². The number of rotatable bonds is 5. The molecule has 1 aliphatic carbocycles. The van der Waals surface area contributed by atoms with Gasteiger partial charge in [0.15, 0.2) is 0 Å². The minimum atomic E-state index is 0. The second-order valence-corrected chi connectivity index (χ2v) is 7.76. The van der Waals surface area contributed by atoms with Crippen molar-refractivity contribution in [1.29, 1.82) is 0 Å². The van der Waals surface area contributed by atoms with E-state index in [0.717, 1.165) is 44.9 Å². The van der Waals surface area contributed by atoms with E-state index < -0.39 is 0 Å². The fourth-order valence-electron chi connectivity index (χ4n) is 4.03. The number of nitrogens with one attached hydrogen (secondary N) is 1. The molecule has 27 heavy (non-hydrogen) atoms. The standard InChI is InChI=1S/C21H31N3O2.ClH/c22-18-7-9-19(10-8-18)23-21(26)17-12-14-24(15-13-17)20(25)11-6-16-4-2-1-3-5-16;/h1-5,17-19H,6-15,22H2,(H,23,26);1H. The third kappa shape index (κ3) is 6.51. The highest BCUT2D eigenvalue weighted by Crippen LogP contribution is 2.21. The first-order valence-corrected chi connectivity index (χ1v) is 9.99. The number of likely N-dealkylation sites (tertiary alicyclic amines) is 1. The summed E-state index contributed by atoms with van der Waals surface area (Å²) in [6.07, 6.45) is 6.85. The Hall–Kier alpha value is -1.59. The van der Waals surface area contributed by atoms with Crippen LogP contribution in [0, 0.1) is 5.92 Å². The second kappa shape index (κ2) is 10.7. The minimum Gasteiger partial charge on any atom is -0.353 e. The Balaban J connectivity index is 0.00000261. The lowest BCUT2D eigenvalue weighted by atomic mass is 9.90. The Bertz CT molecular complexity index is 595. The van der Waals surface area contributed by atoms with Crippen molar-refractivity contribution < 1.29 is 9.59 Å². The number of benzene rings is 1. The molecule has 1 aromatic carbocycles. The minimum absolute atomic E-state index is 0. The van der Waals surface area contributed by atoms with Crippen molar-refractivity contribution in [2.75, 3.05) is 13.1 Å². The summed E-state index contributed by atoms with van der Waals surface area (Å²) in [6, 6.07) is 10.7. The molecule has 3 rings (SSSR count). The molecule has 0 unspecified atom stereocenters. The van der Waals surface area contributed by atoms with Crippen molar-refractivity contribution in [3.8, 4) is 0 Å². The van der Waals surface area contributed by atoms with E-state index in [9.17, 15) is 9.59 Å². The molecular formula is C21H32ClN3O2. The highest BCUT2D eigenvalue weighted by Gasteiger charge is 2.29. The summed E-state index contributed by atoms with van der Waals surface area (Å²) in [4.78, 5) is 26.8. The van der Waals surface area contributed by atoms with Crippen LogP contribution in [-0.4, -0.2) is 41.9 Å². The molecule has 1 aromatic rings. The van der Waals surface area contributed by atoms with Gasteiger partial charge >= 0.3 is 0 Å². The summed E-state index contributed by atoms with van der Waals surface area (Å²) in [5, 5.41) is 3.20. The molecule has 0 radical (unpaired) electrons. The largest absolute Gasteiger partial charge is 0.353 e. The first-order chi connectivity index (χ1) is 12.6. The average molecular weight is 394 g/mol. The summed E-state index contributed by atoms with van der Waals surface area (Å²) >= 11 is 0. The number of piperidine rings is 1. The van der Waals surface area contributed by atoms with Crippen LogP contribution in [0.2, 0.25) is 0 Å². The zero-order valence-corrected chi connectivity index (χ0v) is 16.8. The summed E-state index contributed by atoms with van der Waals surface area (Å²) in [5.41, 5.74) is 7.12. The van der Waals surface area contributed by atoms with Gasteiger partial charge in [0.2, 0.25) is 11.8 Å². The number of nitrogens with two attached hydrogens (primary N) is 1. The predicted octanol–water partition coefficient (Wildman–Crippen LogP) is 2.67. The predicted molar refractivity (Wildman–Crippen MR) is 110 cm³/mol. The molecule has 0 spiro atoms. The van der Waals surface area contributed by atoms with Crippen molar-refractivity contribution in [1.82, 2.24) is 10.2 Å². The maximum atomic E-state index is 12.5. The first-order valence-electron chi connectivity index (χ1n) is 9.99. The van der Waals surface area contributed by atoms with Crippen LogP contribution < -0.4 is 11.1 Å². The fourth-order valence-corrected chi connectivity index (χ4v) is 4.03. The van der Waals surface area contributed by atoms with Crippen LogP contribution in [-0.2, 0) is 16.0 Å². The first kappa shape index (κ1) is 21.7. The second-order valence-electron chi connectivity index (χ2n) is 7.76. The van der Waals surface area contributed by atoms with Crippen molar-refractivity contribution in [2.45, 2.75) is 63.5 Å². The summed E-state index contributed by atoms with van der Waals surface area (Å²) in [7, 11) is 0. The molecule has 1 saturated heterocycles. The fraction of sp³-hybridized carbons (Fsp3) is 0.619. The number of halogens is 1. The number of hydrogen-bond acceptors (Lipinski definition) is 3. The Morgan fingerprint density at radius 2 is 1.63 bits per heavy atom. The van der Waals surface area contributed by atoms with Crippen LogP contribution >= 0.6 is 12.4 Å². The number of amides is 2. The van der Waals surface area contributed by atoms with Crippen molar-refractivity contribution in [2.24, 2.45) is 11.7 Å². The van der Waals surface area contributed by atoms with Crippen molar-refractivity contribution >= 4 is 24.2 Å². The van der Waals surface area contributed by atoms with E-state index in [1.165, 1.54) is 5.56 Å². The molecule has 1 saturated carbocycles. The van der Waals surface area contributed by atoms with Gasteiger partial charge in [-0.15, -0.1) is 12.4 Å². The maximum Gasteiger partial charge on any atom is 0.223 e. The highest BCUT2D eigenvalue weighted by molar-refractivity contribution is 5.85. The molecule has 2 aliphatic rings. The Morgan fingerprint density at radius 3 is 2.26 bits per heavy atom. The lowest BCUT2D eigenvalue weighted by Gasteiger charge is -2.33. The molecule has 6 heteroatoms. The Kier molecular flexibility index (Phi) is 8.58. The average Bonchev–Trinajstić information content (AvgIpc) is 2.69. The van der Waals surface area contributed by atoms with Gasteiger partial charge < -0.3 is 16.0 Å². The maximum absolute atomic E-state index is 12.5. The zero-order valence-electron chi connectivity index (χ0n) is 15.9. The van der Waals surface area contributed by atoms with Crippen molar-refractivity contribution in [3.63, 3.8) is 0 Å². The van der Waals surface area contributed by atoms with Gasteiger partial charge in [-0.25, -0.2) is 0 Å². The SMILES string of the molecule is Cl.NC1CCC(NC(=O)C2CCN(C(=O)CCc3ccccc3)CC2)CC1. The van der Waals surface area contributed by atoms with Gasteiger partial charge in [-0.3, -0.25) is 9.59 Å². The van der Waals surface area contributed by atoms with E-state index in [-0.39, 0.29) is 36.2 Å². The molecule has 2 amide bonds. The molecule has 1 heterocycles. The quantitative estimate of drug-likeness (QED) is 0.807. The molecule has 0 bridgehead atoms. The zero-order chi connectivity index (χ0) is 18.4. The van der Waals surface area contributed by atoms with Crippen LogP contribution in [0.15, 0.2) is 30.3 Å². The molecule has 0 aromatic heterocycles. The number of carbonyl (C=O) groups excluding carboxylic acids is 2. The lowest BCUT2D eigenvalue weighted by Crippen LogP contribution is -2.46. The number of hydrogen-bond donors (Lipinski definition) is 2. The third-order valence-corrected chi connectivity index (χ3v) is 5.81.